The molecule has 1 fully saturated rings. The Morgan fingerprint density at radius 2 is 1.85 bits per heavy atom. The molecule has 20 heavy (non-hydrogen) atoms. The zero-order valence-electron chi connectivity index (χ0n) is 12.5. The van der Waals surface area contributed by atoms with E-state index in [0.29, 0.717) is 18.4 Å². The summed E-state index contributed by atoms with van der Waals surface area (Å²) in [5, 5.41) is 13.0. The Hall–Kier alpha value is -1.06. The fourth-order valence-corrected chi connectivity index (χ4v) is 3.11. The van der Waals surface area contributed by atoms with E-state index in [9.17, 15) is 5.11 Å². The molecule has 0 spiro atoms. The molecular formula is C17H27NO2. The summed E-state index contributed by atoms with van der Waals surface area (Å²) in [7, 11) is 1.69. The predicted molar refractivity (Wildman–Crippen MR) is 82.1 cm³/mol. The molecule has 0 heterocycles. The minimum Gasteiger partial charge on any atom is -0.497 e. The van der Waals surface area contributed by atoms with Crippen LogP contribution in [0.4, 0.5) is 0 Å². The van der Waals surface area contributed by atoms with Crippen LogP contribution in [0.15, 0.2) is 24.3 Å². The van der Waals surface area contributed by atoms with Gasteiger partial charge in [0.2, 0.25) is 0 Å². The Morgan fingerprint density at radius 1 is 1.15 bits per heavy atom. The molecule has 1 aliphatic rings. The molecule has 2 N–H and O–H groups in total. The molecule has 0 radical (unpaired) electrons. The van der Waals surface area contributed by atoms with Gasteiger partial charge in [-0.15, -0.1) is 0 Å². The highest BCUT2D eigenvalue weighted by Crippen LogP contribution is 2.29. The van der Waals surface area contributed by atoms with Crippen LogP contribution in [0.3, 0.4) is 0 Å². The fraction of sp³-hybridized carbons (Fsp3) is 0.647. The second-order valence-corrected chi connectivity index (χ2v) is 5.79. The van der Waals surface area contributed by atoms with Gasteiger partial charge in [0.05, 0.1) is 7.11 Å². The Balaban J connectivity index is 1.67. The monoisotopic (exact) mass is 277 g/mol. The summed E-state index contributed by atoms with van der Waals surface area (Å²) >= 11 is 0. The summed E-state index contributed by atoms with van der Waals surface area (Å²) in [6.07, 6.45) is 6.11. The van der Waals surface area contributed by atoms with Crippen LogP contribution in [0.2, 0.25) is 0 Å². The lowest BCUT2D eigenvalue weighted by Crippen LogP contribution is -2.33. The van der Waals surface area contributed by atoms with Gasteiger partial charge in [-0.2, -0.15) is 0 Å². The van der Waals surface area contributed by atoms with Crippen molar-refractivity contribution in [3.8, 4) is 5.75 Å². The largest absolute Gasteiger partial charge is 0.497 e. The highest BCUT2D eigenvalue weighted by molar-refractivity contribution is 5.27. The molecule has 1 aromatic rings. The first-order valence-electron chi connectivity index (χ1n) is 7.78. The summed E-state index contributed by atoms with van der Waals surface area (Å²) in [5.74, 6) is 2.08. The lowest BCUT2D eigenvalue weighted by atomic mass is 9.79. The normalized spacial score (nSPS) is 22.7. The average molecular weight is 277 g/mol. The van der Waals surface area contributed by atoms with Gasteiger partial charge >= 0.3 is 0 Å². The quantitative estimate of drug-likeness (QED) is 0.753. The Bertz CT molecular complexity index is 377. The van der Waals surface area contributed by atoms with E-state index in [-0.39, 0.29) is 0 Å². The first kappa shape index (κ1) is 15.3. The maximum Gasteiger partial charge on any atom is 0.118 e. The van der Waals surface area contributed by atoms with Gasteiger partial charge in [0.25, 0.3) is 0 Å². The summed E-state index contributed by atoms with van der Waals surface area (Å²) in [4.78, 5) is 0. The van der Waals surface area contributed by atoms with Crippen molar-refractivity contribution in [2.45, 2.75) is 32.1 Å². The van der Waals surface area contributed by atoms with E-state index in [1.165, 1.54) is 31.2 Å². The minimum atomic E-state index is 0.352. The SMILES string of the molecule is COc1ccc(CCNCC2CCCCC2CO)cc1. The summed E-state index contributed by atoms with van der Waals surface area (Å²) < 4.78 is 5.16. The molecular weight excluding hydrogens is 250 g/mol. The molecule has 1 saturated carbocycles. The van der Waals surface area contributed by atoms with E-state index in [1.807, 2.05) is 12.1 Å². The van der Waals surface area contributed by atoms with Crippen molar-refractivity contribution < 1.29 is 9.84 Å². The Labute approximate surface area is 122 Å². The summed E-state index contributed by atoms with van der Waals surface area (Å²) in [5.41, 5.74) is 1.33. The van der Waals surface area contributed by atoms with Crippen LogP contribution in [0.1, 0.15) is 31.2 Å². The van der Waals surface area contributed by atoms with E-state index in [0.717, 1.165) is 25.3 Å². The van der Waals surface area contributed by atoms with Gasteiger partial charge in [-0.3, -0.25) is 0 Å². The van der Waals surface area contributed by atoms with E-state index in [1.54, 1.807) is 7.11 Å². The maximum atomic E-state index is 9.41. The van der Waals surface area contributed by atoms with Crippen molar-refractivity contribution in [3.63, 3.8) is 0 Å². The van der Waals surface area contributed by atoms with Gasteiger partial charge in [0, 0.05) is 6.61 Å². The van der Waals surface area contributed by atoms with Gasteiger partial charge in [0.1, 0.15) is 5.75 Å². The fourth-order valence-electron chi connectivity index (χ4n) is 3.11. The molecule has 0 aromatic heterocycles. The summed E-state index contributed by atoms with van der Waals surface area (Å²) in [6.45, 7) is 2.40. The smallest absolute Gasteiger partial charge is 0.118 e. The number of aliphatic hydroxyl groups is 1. The molecule has 2 rings (SSSR count). The van der Waals surface area contributed by atoms with Crippen LogP contribution in [-0.4, -0.2) is 31.9 Å². The molecule has 0 amide bonds. The third-order valence-corrected chi connectivity index (χ3v) is 4.46. The van der Waals surface area contributed by atoms with Crippen LogP contribution in [0.25, 0.3) is 0 Å². The number of ether oxygens (including phenoxy) is 1. The third kappa shape index (κ3) is 4.50. The molecule has 3 heteroatoms. The molecule has 0 bridgehead atoms. The van der Waals surface area contributed by atoms with Gasteiger partial charge < -0.3 is 15.2 Å². The maximum absolute atomic E-state index is 9.41. The third-order valence-electron chi connectivity index (χ3n) is 4.46. The van der Waals surface area contributed by atoms with Crippen LogP contribution in [0.5, 0.6) is 5.75 Å². The molecule has 1 aliphatic carbocycles. The van der Waals surface area contributed by atoms with E-state index in [2.05, 4.69) is 17.4 Å². The molecule has 2 atom stereocenters. The first-order chi connectivity index (χ1) is 9.83. The van der Waals surface area contributed by atoms with Crippen LogP contribution in [-0.2, 0) is 6.42 Å². The van der Waals surface area contributed by atoms with E-state index < -0.39 is 0 Å². The van der Waals surface area contributed by atoms with E-state index in [4.69, 9.17) is 4.74 Å². The topological polar surface area (TPSA) is 41.5 Å². The van der Waals surface area contributed by atoms with Crippen molar-refractivity contribution in [2.75, 3.05) is 26.8 Å². The molecule has 1 aromatic carbocycles. The lowest BCUT2D eigenvalue weighted by Gasteiger charge is -2.30. The summed E-state index contributed by atoms with van der Waals surface area (Å²) in [6, 6.07) is 8.27. The Kier molecular flexibility index (Phi) is 6.34. The number of hydrogen-bond acceptors (Lipinski definition) is 3. The number of nitrogens with one attached hydrogen (secondary N) is 1. The van der Waals surface area contributed by atoms with Crippen molar-refractivity contribution in [3.05, 3.63) is 29.8 Å². The van der Waals surface area contributed by atoms with Gasteiger partial charge in [-0.05, 0) is 61.9 Å². The van der Waals surface area contributed by atoms with Crippen molar-refractivity contribution in [1.82, 2.24) is 5.32 Å². The predicted octanol–water partition coefficient (Wildman–Crippen LogP) is 2.63. The zero-order valence-corrected chi connectivity index (χ0v) is 12.5. The number of methoxy groups -OCH3 is 1. The number of hydrogen-bond donors (Lipinski definition) is 2. The van der Waals surface area contributed by atoms with Crippen molar-refractivity contribution >= 4 is 0 Å². The molecule has 0 aliphatic heterocycles. The number of benzene rings is 1. The second kappa shape index (κ2) is 8.28. The molecule has 112 valence electrons. The van der Waals surface area contributed by atoms with Crippen molar-refractivity contribution in [2.24, 2.45) is 11.8 Å². The minimum absolute atomic E-state index is 0.352. The van der Waals surface area contributed by atoms with Gasteiger partial charge in [-0.1, -0.05) is 25.0 Å². The van der Waals surface area contributed by atoms with Crippen LogP contribution < -0.4 is 10.1 Å². The molecule has 0 saturated heterocycles. The van der Waals surface area contributed by atoms with E-state index >= 15 is 0 Å². The van der Waals surface area contributed by atoms with Crippen molar-refractivity contribution in [1.29, 1.82) is 0 Å². The molecule has 3 nitrogen and oxygen atoms in total. The second-order valence-electron chi connectivity index (χ2n) is 5.79. The lowest BCUT2D eigenvalue weighted by molar-refractivity contribution is 0.133. The van der Waals surface area contributed by atoms with Crippen LogP contribution >= 0.6 is 0 Å². The Morgan fingerprint density at radius 3 is 2.50 bits per heavy atom. The average Bonchev–Trinajstić information content (AvgIpc) is 2.52. The first-order valence-corrected chi connectivity index (χ1v) is 7.78. The standard InChI is InChI=1S/C17H27NO2/c1-20-17-8-6-14(7-9-17)10-11-18-12-15-4-2-3-5-16(15)13-19/h6-9,15-16,18-19H,2-5,10-13H2,1H3. The zero-order chi connectivity index (χ0) is 14.2. The number of rotatable bonds is 7. The van der Waals surface area contributed by atoms with Gasteiger partial charge in [0.15, 0.2) is 0 Å². The molecule has 2 unspecified atom stereocenters. The van der Waals surface area contributed by atoms with Crippen LogP contribution in [0, 0.1) is 11.8 Å². The highest BCUT2D eigenvalue weighted by atomic mass is 16.5. The highest BCUT2D eigenvalue weighted by Gasteiger charge is 2.23. The number of aliphatic hydroxyl groups excluding tert-OH is 1. The van der Waals surface area contributed by atoms with Gasteiger partial charge in [-0.25, -0.2) is 0 Å².